The smallest absolute Gasteiger partial charge is 0.205 e. The Labute approximate surface area is 75.6 Å². The number of nitrogens with zero attached hydrogens (tertiary/aromatic N) is 2. The van der Waals surface area contributed by atoms with Crippen LogP contribution in [0.4, 0.5) is 5.13 Å². The molecule has 0 amide bonds. The van der Waals surface area contributed by atoms with E-state index in [-0.39, 0.29) is 0 Å². The van der Waals surface area contributed by atoms with E-state index in [1.807, 2.05) is 0 Å². The lowest BCUT2D eigenvalue weighted by Crippen LogP contribution is -2.01. The average molecular weight is 187 g/mol. The van der Waals surface area contributed by atoms with Crippen molar-refractivity contribution in [2.24, 2.45) is 0 Å². The molecule has 12 heavy (non-hydrogen) atoms. The predicted molar refractivity (Wildman–Crippen MR) is 49.3 cm³/mol. The lowest BCUT2D eigenvalue weighted by molar-refractivity contribution is 0.283. The third-order valence-electron chi connectivity index (χ3n) is 1.47. The summed E-state index contributed by atoms with van der Waals surface area (Å²) in [6, 6.07) is 0. The molecule has 0 aromatic carbocycles. The largest absolute Gasteiger partial charge is 0.396 e. The molecule has 0 aliphatic heterocycles. The van der Waals surface area contributed by atoms with Gasteiger partial charge in [0.25, 0.3) is 0 Å². The third-order valence-corrected chi connectivity index (χ3v) is 2.12. The average Bonchev–Trinajstić information content (AvgIpc) is 2.57. The predicted octanol–water partition coefficient (Wildman–Crippen LogP) is 1.11. The molecular formula is C7H13N3OS. The van der Waals surface area contributed by atoms with Gasteiger partial charge in [0.05, 0.1) is 0 Å². The van der Waals surface area contributed by atoms with E-state index < -0.39 is 0 Å². The Bertz CT molecular complexity index is 191. The Kier molecular flexibility index (Phi) is 4.63. The number of aliphatic hydroxyl groups is 1. The van der Waals surface area contributed by atoms with Crippen LogP contribution in [0, 0.1) is 0 Å². The third kappa shape index (κ3) is 3.64. The second kappa shape index (κ2) is 5.91. The van der Waals surface area contributed by atoms with E-state index in [4.69, 9.17) is 5.11 Å². The monoisotopic (exact) mass is 187 g/mol. The molecule has 1 aromatic rings. The van der Waals surface area contributed by atoms with E-state index in [0.717, 1.165) is 30.9 Å². The summed E-state index contributed by atoms with van der Waals surface area (Å²) in [4.78, 5) is 0. The molecule has 0 aliphatic carbocycles. The van der Waals surface area contributed by atoms with Crippen LogP contribution in [0.15, 0.2) is 5.51 Å². The van der Waals surface area contributed by atoms with Crippen molar-refractivity contribution in [2.45, 2.75) is 19.3 Å². The van der Waals surface area contributed by atoms with Crippen LogP contribution in [0.5, 0.6) is 0 Å². The molecule has 0 radical (unpaired) electrons. The molecule has 1 aromatic heterocycles. The second-order valence-electron chi connectivity index (χ2n) is 2.45. The summed E-state index contributed by atoms with van der Waals surface area (Å²) in [5.41, 5.74) is 1.70. The summed E-state index contributed by atoms with van der Waals surface area (Å²) in [5.74, 6) is 0. The Hall–Kier alpha value is -0.680. The maximum absolute atomic E-state index is 8.51. The molecular weight excluding hydrogens is 174 g/mol. The van der Waals surface area contributed by atoms with Gasteiger partial charge in [-0.25, -0.2) is 0 Å². The summed E-state index contributed by atoms with van der Waals surface area (Å²) in [6.07, 6.45) is 3.01. The van der Waals surface area contributed by atoms with E-state index >= 15 is 0 Å². The van der Waals surface area contributed by atoms with Crippen molar-refractivity contribution in [3.8, 4) is 0 Å². The molecule has 0 spiro atoms. The fourth-order valence-electron chi connectivity index (χ4n) is 0.859. The molecule has 5 heteroatoms. The fourth-order valence-corrected chi connectivity index (χ4v) is 1.33. The highest BCUT2D eigenvalue weighted by molar-refractivity contribution is 7.13. The van der Waals surface area contributed by atoms with Crippen LogP contribution in [-0.4, -0.2) is 28.5 Å². The van der Waals surface area contributed by atoms with E-state index in [1.165, 1.54) is 11.3 Å². The lowest BCUT2D eigenvalue weighted by Gasteiger charge is -1.99. The number of nitrogens with one attached hydrogen (secondary N) is 1. The van der Waals surface area contributed by atoms with Gasteiger partial charge in [-0.15, -0.1) is 10.2 Å². The van der Waals surface area contributed by atoms with Crippen LogP contribution >= 0.6 is 11.3 Å². The first-order valence-corrected chi connectivity index (χ1v) is 4.92. The molecule has 0 saturated heterocycles. The minimum absolute atomic E-state index is 0.290. The van der Waals surface area contributed by atoms with E-state index in [0.29, 0.717) is 6.61 Å². The van der Waals surface area contributed by atoms with Gasteiger partial charge in [-0.3, -0.25) is 0 Å². The number of rotatable bonds is 6. The van der Waals surface area contributed by atoms with Crippen molar-refractivity contribution in [3.05, 3.63) is 5.51 Å². The summed E-state index contributed by atoms with van der Waals surface area (Å²) in [6.45, 7) is 1.20. The van der Waals surface area contributed by atoms with Crippen LogP contribution < -0.4 is 5.32 Å². The minimum Gasteiger partial charge on any atom is -0.396 e. The highest BCUT2D eigenvalue weighted by atomic mass is 32.1. The number of aromatic nitrogens is 2. The molecule has 0 saturated carbocycles. The maximum atomic E-state index is 8.51. The van der Waals surface area contributed by atoms with Crippen molar-refractivity contribution < 1.29 is 5.11 Å². The molecule has 1 rings (SSSR count). The molecule has 0 aliphatic rings. The van der Waals surface area contributed by atoms with Gasteiger partial charge in [0.15, 0.2) is 0 Å². The molecule has 0 unspecified atom stereocenters. The first-order chi connectivity index (χ1) is 5.93. The van der Waals surface area contributed by atoms with Crippen LogP contribution in [0.1, 0.15) is 19.3 Å². The molecule has 0 fully saturated rings. The van der Waals surface area contributed by atoms with Gasteiger partial charge in [-0.2, -0.15) is 0 Å². The number of hydrogen-bond donors (Lipinski definition) is 2. The summed E-state index contributed by atoms with van der Waals surface area (Å²) in [5, 5.41) is 20.1. The highest BCUT2D eigenvalue weighted by Crippen LogP contribution is 2.07. The summed E-state index contributed by atoms with van der Waals surface area (Å²) in [7, 11) is 0. The Morgan fingerprint density at radius 3 is 3.00 bits per heavy atom. The van der Waals surface area contributed by atoms with Gasteiger partial charge in [0.2, 0.25) is 5.13 Å². The zero-order valence-electron chi connectivity index (χ0n) is 6.86. The second-order valence-corrected chi connectivity index (χ2v) is 3.29. The summed E-state index contributed by atoms with van der Waals surface area (Å²) >= 11 is 1.50. The first-order valence-electron chi connectivity index (χ1n) is 4.04. The summed E-state index contributed by atoms with van der Waals surface area (Å²) < 4.78 is 0. The van der Waals surface area contributed by atoms with Gasteiger partial charge >= 0.3 is 0 Å². The fraction of sp³-hybridized carbons (Fsp3) is 0.714. The van der Waals surface area contributed by atoms with Crippen LogP contribution in [0.25, 0.3) is 0 Å². The van der Waals surface area contributed by atoms with Crippen molar-refractivity contribution in [2.75, 3.05) is 18.5 Å². The zero-order valence-corrected chi connectivity index (χ0v) is 7.68. The highest BCUT2D eigenvalue weighted by Gasteiger charge is 1.93. The van der Waals surface area contributed by atoms with Crippen molar-refractivity contribution in [1.29, 1.82) is 0 Å². The van der Waals surface area contributed by atoms with Crippen LogP contribution in [0.2, 0.25) is 0 Å². The Morgan fingerprint density at radius 2 is 2.33 bits per heavy atom. The lowest BCUT2D eigenvalue weighted by atomic mass is 10.2. The van der Waals surface area contributed by atoms with Gasteiger partial charge in [0.1, 0.15) is 5.51 Å². The number of hydrogen-bond acceptors (Lipinski definition) is 5. The van der Waals surface area contributed by atoms with Gasteiger partial charge in [-0.05, 0) is 19.3 Å². The van der Waals surface area contributed by atoms with Gasteiger partial charge in [-0.1, -0.05) is 11.3 Å². The standard InChI is InChI=1S/C7H13N3OS/c11-5-3-1-2-4-8-7-10-9-6-12-7/h6,11H,1-5H2,(H,8,10). The Morgan fingerprint density at radius 1 is 1.42 bits per heavy atom. The topological polar surface area (TPSA) is 58.0 Å². The number of unbranched alkanes of at least 4 members (excludes halogenated alkanes) is 2. The normalized spacial score (nSPS) is 10.1. The van der Waals surface area contributed by atoms with E-state index in [1.54, 1.807) is 5.51 Å². The molecule has 1 heterocycles. The number of aliphatic hydroxyl groups excluding tert-OH is 1. The van der Waals surface area contributed by atoms with E-state index in [2.05, 4.69) is 15.5 Å². The van der Waals surface area contributed by atoms with Crippen LogP contribution in [0.3, 0.4) is 0 Å². The zero-order chi connectivity index (χ0) is 8.65. The van der Waals surface area contributed by atoms with Crippen molar-refractivity contribution in [1.82, 2.24) is 10.2 Å². The first kappa shape index (κ1) is 9.41. The van der Waals surface area contributed by atoms with Crippen LogP contribution in [-0.2, 0) is 0 Å². The van der Waals surface area contributed by atoms with Crippen molar-refractivity contribution >= 4 is 16.5 Å². The SMILES string of the molecule is OCCCCCNc1nncs1. The molecule has 68 valence electrons. The van der Waals surface area contributed by atoms with Gasteiger partial charge < -0.3 is 10.4 Å². The van der Waals surface area contributed by atoms with Gasteiger partial charge in [0, 0.05) is 13.2 Å². The molecule has 0 bridgehead atoms. The Balaban J connectivity index is 1.96. The number of anilines is 1. The van der Waals surface area contributed by atoms with Crippen molar-refractivity contribution in [3.63, 3.8) is 0 Å². The molecule has 4 nitrogen and oxygen atoms in total. The minimum atomic E-state index is 0.290. The molecule has 0 atom stereocenters. The quantitative estimate of drug-likeness (QED) is 0.655. The molecule has 2 N–H and O–H groups in total. The maximum Gasteiger partial charge on any atom is 0.205 e. The van der Waals surface area contributed by atoms with E-state index in [9.17, 15) is 0 Å².